The van der Waals surface area contributed by atoms with Crippen LogP contribution in [0.5, 0.6) is 0 Å². The molecule has 1 aromatic heterocycles. The summed E-state index contributed by atoms with van der Waals surface area (Å²) in [5, 5.41) is 7.74. The molecule has 2 N–H and O–H groups in total. The van der Waals surface area contributed by atoms with Crippen LogP contribution in [0.15, 0.2) is 35.7 Å². The van der Waals surface area contributed by atoms with E-state index in [0.717, 1.165) is 47.0 Å². The van der Waals surface area contributed by atoms with E-state index < -0.39 is 17.6 Å². The highest BCUT2D eigenvalue weighted by atomic mass is 32.1. The van der Waals surface area contributed by atoms with Crippen LogP contribution >= 0.6 is 11.3 Å². The second-order valence-corrected chi connectivity index (χ2v) is 9.88. The van der Waals surface area contributed by atoms with Crippen molar-refractivity contribution in [3.05, 3.63) is 46.2 Å². The summed E-state index contributed by atoms with van der Waals surface area (Å²) >= 11 is 1.61. The normalized spacial score (nSPS) is 23.8. The Hall–Kier alpha value is -2.87. The number of amides is 4. The number of thiophene rings is 1. The summed E-state index contributed by atoms with van der Waals surface area (Å²) in [6.07, 6.45) is 6.00. The van der Waals surface area contributed by atoms with Gasteiger partial charge in [-0.15, -0.1) is 11.3 Å². The zero-order chi connectivity index (χ0) is 22.3. The standard InChI is InChI=1S/C24H28N4O3S/c1-16(21(29)25-17-7-9-18(10-8-17)27-13-3-2-4-14-27)28-22(30)24(26-23(28)31)12-5-6-20-19(24)11-15-32-20/h7-11,15-16H,2-6,12-14H2,1H3,(H,25,29)(H,26,31)/t16-,24+/m0/s1. The van der Waals surface area contributed by atoms with E-state index in [1.54, 1.807) is 18.3 Å². The molecule has 0 unspecified atom stereocenters. The van der Waals surface area contributed by atoms with E-state index in [9.17, 15) is 14.4 Å². The van der Waals surface area contributed by atoms with Gasteiger partial charge in [0.2, 0.25) is 5.91 Å². The first-order valence-corrected chi connectivity index (χ1v) is 12.3. The third kappa shape index (κ3) is 3.46. The Balaban J connectivity index is 1.29. The van der Waals surface area contributed by atoms with Gasteiger partial charge in [-0.2, -0.15) is 0 Å². The monoisotopic (exact) mass is 452 g/mol. The molecule has 168 valence electrons. The third-order valence-electron chi connectivity index (χ3n) is 6.91. The number of hydrogen-bond donors (Lipinski definition) is 2. The molecule has 1 spiro atoms. The molecular formula is C24H28N4O3S. The number of aryl methyl sites for hydroxylation is 1. The predicted molar refractivity (Wildman–Crippen MR) is 125 cm³/mol. The molecule has 1 aliphatic carbocycles. The Morgan fingerprint density at radius 1 is 1.09 bits per heavy atom. The summed E-state index contributed by atoms with van der Waals surface area (Å²) in [5.41, 5.74) is 1.66. The first-order valence-electron chi connectivity index (χ1n) is 11.4. The minimum atomic E-state index is -1.03. The fraction of sp³-hybridized carbons (Fsp3) is 0.458. The number of carbonyl (C=O) groups is 3. The van der Waals surface area contributed by atoms with Crippen molar-refractivity contribution in [2.45, 2.75) is 57.0 Å². The van der Waals surface area contributed by atoms with E-state index in [4.69, 9.17) is 0 Å². The molecule has 5 rings (SSSR count). The molecule has 2 aliphatic heterocycles. The fourth-order valence-corrected chi connectivity index (χ4v) is 6.13. The van der Waals surface area contributed by atoms with Gasteiger partial charge in [0, 0.05) is 34.9 Å². The Kier molecular flexibility index (Phi) is 5.41. The van der Waals surface area contributed by atoms with Crippen LogP contribution in [0.1, 0.15) is 49.5 Å². The van der Waals surface area contributed by atoms with Crippen LogP contribution in [-0.4, -0.2) is 41.9 Å². The van der Waals surface area contributed by atoms with Gasteiger partial charge < -0.3 is 15.5 Å². The number of rotatable bonds is 4. The van der Waals surface area contributed by atoms with Gasteiger partial charge in [-0.25, -0.2) is 9.69 Å². The quantitative estimate of drug-likeness (QED) is 0.691. The molecule has 0 radical (unpaired) electrons. The van der Waals surface area contributed by atoms with Crippen LogP contribution < -0.4 is 15.5 Å². The number of benzene rings is 1. The lowest BCUT2D eigenvalue weighted by atomic mass is 9.80. The fourth-order valence-electron chi connectivity index (χ4n) is 5.13. The summed E-state index contributed by atoms with van der Waals surface area (Å²) in [5.74, 6) is -0.706. The van der Waals surface area contributed by atoms with Crippen LogP contribution in [0, 0.1) is 0 Å². The Morgan fingerprint density at radius 3 is 2.59 bits per heavy atom. The zero-order valence-corrected chi connectivity index (χ0v) is 19.0. The van der Waals surface area contributed by atoms with Crippen molar-refractivity contribution >= 4 is 40.6 Å². The molecule has 4 amide bonds. The summed E-state index contributed by atoms with van der Waals surface area (Å²) in [6, 6.07) is 8.28. The van der Waals surface area contributed by atoms with Crippen LogP contribution in [-0.2, 0) is 21.5 Å². The maximum atomic E-state index is 13.4. The van der Waals surface area contributed by atoms with Gasteiger partial charge >= 0.3 is 6.03 Å². The Morgan fingerprint density at radius 2 is 1.84 bits per heavy atom. The predicted octanol–water partition coefficient (Wildman–Crippen LogP) is 3.85. The topological polar surface area (TPSA) is 81.8 Å². The highest BCUT2D eigenvalue weighted by molar-refractivity contribution is 7.10. The first-order chi connectivity index (χ1) is 15.5. The number of hydrogen-bond acceptors (Lipinski definition) is 5. The SMILES string of the molecule is C[C@@H](C(=O)Nc1ccc(N2CCCCC2)cc1)N1C(=O)N[C@@]2(CCCc3sccc32)C1=O. The Bertz CT molecular complexity index is 1040. The van der Waals surface area contributed by atoms with E-state index in [-0.39, 0.29) is 11.8 Å². The van der Waals surface area contributed by atoms with Crippen molar-refractivity contribution in [2.24, 2.45) is 0 Å². The summed E-state index contributed by atoms with van der Waals surface area (Å²) in [7, 11) is 0. The number of fused-ring (bicyclic) bond motifs is 2. The summed E-state index contributed by atoms with van der Waals surface area (Å²) in [4.78, 5) is 43.8. The van der Waals surface area contributed by atoms with Gasteiger partial charge in [0.15, 0.2) is 0 Å². The van der Waals surface area contributed by atoms with Crippen LogP contribution in [0.4, 0.5) is 16.2 Å². The molecule has 2 saturated heterocycles. The zero-order valence-electron chi connectivity index (χ0n) is 18.2. The summed E-state index contributed by atoms with van der Waals surface area (Å²) in [6.45, 7) is 3.72. The van der Waals surface area contributed by atoms with E-state index in [1.165, 1.54) is 19.3 Å². The minimum Gasteiger partial charge on any atom is -0.372 e. The van der Waals surface area contributed by atoms with Crippen molar-refractivity contribution in [1.29, 1.82) is 0 Å². The number of carbonyl (C=O) groups excluding carboxylic acids is 3. The van der Waals surface area contributed by atoms with Crippen LogP contribution in [0.25, 0.3) is 0 Å². The van der Waals surface area contributed by atoms with Gasteiger partial charge in [-0.3, -0.25) is 9.59 Å². The molecule has 0 bridgehead atoms. The minimum absolute atomic E-state index is 0.329. The van der Waals surface area contributed by atoms with E-state index in [2.05, 4.69) is 15.5 Å². The number of piperidine rings is 1. The smallest absolute Gasteiger partial charge is 0.326 e. The summed E-state index contributed by atoms with van der Waals surface area (Å²) < 4.78 is 0. The molecule has 2 aromatic rings. The van der Waals surface area contributed by atoms with Crippen molar-refractivity contribution in [1.82, 2.24) is 10.2 Å². The van der Waals surface area contributed by atoms with Crippen LogP contribution in [0.2, 0.25) is 0 Å². The van der Waals surface area contributed by atoms with E-state index >= 15 is 0 Å². The van der Waals surface area contributed by atoms with Crippen molar-refractivity contribution in [2.75, 3.05) is 23.3 Å². The molecule has 1 aromatic carbocycles. The molecule has 7 nitrogen and oxygen atoms in total. The molecule has 0 saturated carbocycles. The molecule has 3 aliphatic rings. The average molecular weight is 453 g/mol. The highest BCUT2D eigenvalue weighted by Gasteiger charge is 2.56. The maximum absolute atomic E-state index is 13.4. The number of urea groups is 1. The number of nitrogens with zero attached hydrogens (tertiary/aromatic N) is 2. The lowest BCUT2D eigenvalue weighted by Crippen LogP contribution is -2.49. The average Bonchev–Trinajstić information content (AvgIpc) is 3.38. The maximum Gasteiger partial charge on any atom is 0.326 e. The van der Waals surface area contributed by atoms with E-state index in [0.29, 0.717) is 12.1 Å². The molecule has 3 heterocycles. The van der Waals surface area contributed by atoms with Crippen molar-refractivity contribution < 1.29 is 14.4 Å². The molecule has 2 atom stereocenters. The van der Waals surface area contributed by atoms with Gasteiger partial charge in [-0.05, 0) is 81.2 Å². The molecular weight excluding hydrogens is 424 g/mol. The lowest BCUT2D eigenvalue weighted by molar-refractivity contribution is -0.137. The lowest BCUT2D eigenvalue weighted by Gasteiger charge is -2.31. The molecule has 8 heteroatoms. The largest absolute Gasteiger partial charge is 0.372 e. The number of imide groups is 1. The van der Waals surface area contributed by atoms with Crippen molar-refractivity contribution in [3.8, 4) is 0 Å². The third-order valence-corrected chi connectivity index (χ3v) is 7.89. The van der Waals surface area contributed by atoms with Gasteiger partial charge in [0.25, 0.3) is 5.91 Å². The highest BCUT2D eigenvalue weighted by Crippen LogP contribution is 2.42. The number of anilines is 2. The number of nitrogens with one attached hydrogen (secondary N) is 2. The molecule has 2 fully saturated rings. The van der Waals surface area contributed by atoms with Gasteiger partial charge in [0.05, 0.1) is 0 Å². The van der Waals surface area contributed by atoms with Gasteiger partial charge in [-0.1, -0.05) is 0 Å². The van der Waals surface area contributed by atoms with E-state index in [1.807, 2.05) is 35.7 Å². The Labute approximate surface area is 191 Å². The first kappa shape index (κ1) is 21.0. The second kappa shape index (κ2) is 8.24. The molecule has 32 heavy (non-hydrogen) atoms. The van der Waals surface area contributed by atoms with Gasteiger partial charge in [0.1, 0.15) is 11.6 Å². The second-order valence-electron chi connectivity index (χ2n) is 8.88. The van der Waals surface area contributed by atoms with Crippen LogP contribution in [0.3, 0.4) is 0 Å². The van der Waals surface area contributed by atoms with Crippen molar-refractivity contribution in [3.63, 3.8) is 0 Å².